The monoisotopic (exact) mass is 371 g/mol. The van der Waals surface area contributed by atoms with Crippen molar-refractivity contribution >= 4 is 23.4 Å². The summed E-state index contributed by atoms with van der Waals surface area (Å²) in [7, 11) is 0. The molecule has 1 aliphatic rings. The van der Waals surface area contributed by atoms with Gasteiger partial charge in [-0.05, 0) is 36.6 Å². The Morgan fingerprint density at radius 1 is 1.00 bits per heavy atom. The zero-order valence-corrected chi connectivity index (χ0v) is 15.4. The van der Waals surface area contributed by atoms with Crippen LogP contribution in [0.2, 0.25) is 5.02 Å². The van der Waals surface area contributed by atoms with Crippen LogP contribution in [0.4, 0.5) is 0 Å². The second kappa shape index (κ2) is 8.81. The normalized spacial score (nSPS) is 14.8. The number of pyridine rings is 1. The van der Waals surface area contributed by atoms with Crippen LogP contribution in [-0.4, -0.2) is 52.8 Å². The fourth-order valence-corrected chi connectivity index (χ4v) is 3.37. The second-order valence-corrected chi connectivity index (χ2v) is 6.77. The molecule has 6 heteroatoms. The van der Waals surface area contributed by atoms with Crippen LogP contribution in [0.3, 0.4) is 0 Å². The molecule has 1 saturated heterocycles. The molecule has 26 heavy (non-hydrogen) atoms. The molecule has 0 unspecified atom stereocenters. The van der Waals surface area contributed by atoms with E-state index in [4.69, 9.17) is 11.6 Å². The van der Waals surface area contributed by atoms with Gasteiger partial charge in [0.25, 0.3) is 5.91 Å². The topological polar surface area (TPSA) is 53.5 Å². The fourth-order valence-electron chi connectivity index (χ4n) is 3.14. The van der Waals surface area contributed by atoms with Crippen molar-refractivity contribution in [1.82, 2.24) is 14.8 Å². The van der Waals surface area contributed by atoms with Crippen molar-refractivity contribution in [3.63, 3.8) is 0 Å². The largest absolute Gasteiger partial charge is 0.341 e. The van der Waals surface area contributed by atoms with Crippen LogP contribution in [0.25, 0.3) is 0 Å². The van der Waals surface area contributed by atoms with E-state index >= 15 is 0 Å². The van der Waals surface area contributed by atoms with Crippen molar-refractivity contribution in [2.24, 2.45) is 0 Å². The Bertz CT molecular complexity index is 767. The second-order valence-electron chi connectivity index (χ2n) is 6.36. The summed E-state index contributed by atoms with van der Waals surface area (Å²) in [6.45, 7) is 2.44. The molecule has 0 N–H and O–H groups in total. The number of aromatic nitrogens is 1. The quantitative estimate of drug-likeness (QED) is 0.830. The summed E-state index contributed by atoms with van der Waals surface area (Å²) in [4.78, 5) is 32.8. The number of benzene rings is 1. The number of hydrogen-bond acceptors (Lipinski definition) is 3. The maximum atomic E-state index is 12.6. The van der Waals surface area contributed by atoms with Crippen LogP contribution >= 0.6 is 11.6 Å². The van der Waals surface area contributed by atoms with Gasteiger partial charge in [-0.2, -0.15) is 0 Å². The van der Waals surface area contributed by atoms with Gasteiger partial charge >= 0.3 is 0 Å². The SMILES string of the molecule is O=C(CCc1ccccc1Cl)N1CCCN(C(=O)c2cccnc2)CC1. The van der Waals surface area contributed by atoms with E-state index in [0.29, 0.717) is 49.6 Å². The summed E-state index contributed by atoms with van der Waals surface area (Å²) >= 11 is 6.16. The minimum absolute atomic E-state index is 0.0246. The smallest absolute Gasteiger partial charge is 0.255 e. The van der Waals surface area contributed by atoms with E-state index in [1.165, 1.54) is 0 Å². The Labute approximate surface area is 158 Å². The van der Waals surface area contributed by atoms with Gasteiger partial charge in [0.1, 0.15) is 0 Å². The first kappa shape index (κ1) is 18.4. The predicted octanol–water partition coefficient (Wildman–Crippen LogP) is 3.04. The number of nitrogens with zero attached hydrogens (tertiary/aromatic N) is 3. The van der Waals surface area contributed by atoms with Gasteiger partial charge < -0.3 is 9.80 Å². The highest BCUT2D eigenvalue weighted by Gasteiger charge is 2.22. The van der Waals surface area contributed by atoms with E-state index in [-0.39, 0.29) is 11.8 Å². The predicted molar refractivity (Wildman–Crippen MR) is 101 cm³/mol. The van der Waals surface area contributed by atoms with Gasteiger partial charge in [-0.3, -0.25) is 14.6 Å². The number of halogens is 1. The Balaban J connectivity index is 1.54. The lowest BCUT2D eigenvalue weighted by atomic mass is 10.1. The Kier molecular flexibility index (Phi) is 6.23. The lowest BCUT2D eigenvalue weighted by Crippen LogP contribution is -2.37. The minimum atomic E-state index is -0.0246. The standard InChI is InChI=1S/C20H22ClN3O2/c21-18-7-2-1-5-16(18)8-9-19(25)23-11-4-12-24(14-13-23)20(26)17-6-3-10-22-15-17/h1-3,5-7,10,15H,4,8-9,11-14H2. The third kappa shape index (κ3) is 4.61. The van der Waals surface area contributed by atoms with Crippen LogP contribution < -0.4 is 0 Å². The van der Waals surface area contributed by atoms with Crippen LogP contribution in [0.1, 0.15) is 28.8 Å². The van der Waals surface area contributed by atoms with E-state index in [1.807, 2.05) is 29.2 Å². The van der Waals surface area contributed by atoms with Crippen molar-refractivity contribution in [2.45, 2.75) is 19.3 Å². The summed E-state index contributed by atoms with van der Waals surface area (Å²) < 4.78 is 0. The molecule has 1 aliphatic heterocycles. The number of carbonyl (C=O) groups is 2. The van der Waals surface area contributed by atoms with Crippen LogP contribution in [-0.2, 0) is 11.2 Å². The molecule has 5 nitrogen and oxygen atoms in total. The van der Waals surface area contributed by atoms with E-state index in [9.17, 15) is 9.59 Å². The average Bonchev–Trinajstić information content (AvgIpc) is 2.93. The summed E-state index contributed by atoms with van der Waals surface area (Å²) in [6.07, 6.45) is 5.08. The van der Waals surface area contributed by atoms with Gasteiger partial charge in [0.2, 0.25) is 5.91 Å². The molecule has 1 aromatic heterocycles. The Hall–Kier alpha value is -2.40. The molecular weight excluding hydrogens is 350 g/mol. The zero-order chi connectivity index (χ0) is 18.4. The molecule has 0 aliphatic carbocycles. The third-order valence-corrected chi connectivity index (χ3v) is 4.98. The molecule has 0 saturated carbocycles. The number of hydrogen-bond donors (Lipinski definition) is 0. The third-order valence-electron chi connectivity index (χ3n) is 4.61. The van der Waals surface area contributed by atoms with Crippen molar-refractivity contribution in [3.05, 3.63) is 64.9 Å². The first-order valence-corrected chi connectivity index (χ1v) is 9.23. The van der Waals surface area contributed by atoms with E-state index in [0.717, 1.165) is 12.0 Å². The molecule has 2 amide bonds. The molecular formula is C20H22ClN3O2. The molecule has 0 radical (unpaired) electrons. The van der Waals surface area contributed by atoms with Gasteiger partial charge in [-0.15, -0.1) is 0 Å². The number of carbonyl (C=O) groups excluding carboxylic acids is 2. The molecule has 0 bridgehead atoms. The van der Waals surface area contributed by atoms with E-state index in [2.05, 4.69) is 4.98 Å². The maximum absolute atomic E-state index is 12.6. The number of rotatable bonds is 4. The van der Waals surface area contributed by atoms with Gasteiger partial charge in [0, 0.05) is 50.0 Å². The molecule has 136 valence electrons. The number of amides is 2. The highest BCUT2D eigenvalue weighted by atomic mass is 35.5. The molecule has 1 aromatic carbocycles. The molecule has 1 fully saturated rings. The first-order chi connectivity index (χ1) is 12.6. The van der Waals surface area contributed by atoms with Crippen LogP contribution in [0, 0.1) is 0 Å². The van der Waals surface area contributed by atoms with E-state index in [1.54, 1.807) is 29.4 Å². The number of aryl methyl sites for hydroxylation is 1. The summed E-state index contributed by atoms with van der Waals surface area (Å²) in [5.74, 6) is 0.0871. The van der Waals surface area contributed by atoms with Gasteiger partial charge in [-0.1, -0.05) is 29.8 Å². The molecule has 0 atom stereocenters. The lowest BCUT2D eigenvalue weighted by Gasteiger charge is -2.22. The summed E-state index contributed by atoms with van der Waals surface area (Å²) in [5.41, 5.74) is 1.58. The molecule has 2 heterocycles. The van der Waals surface area contributed by atoms with Gasteiger partial charge in [0.05, 0.1) is 5.56 Å². The highest BCUT2D eigenvalue weighted by molar-refractivity contribution is 6.31. The maximum Gasteiger partial charge on any atom is 0.255 e. The van der Waals surface area contributed by atoms with Crippen LogP contribution in [0.5, 0.6) is 0 Å². The van der Waals surface area contributed by atoms with Crippen molar-refractivity contribution < 1.29 is 9.59 Å². The fraction of sp³-hybridized carbons (Fsp3) is 0.350. The minimum Gasteiger partial charge on any atom is -0.341 e. The molecule has 0 spiro atoms. The lowest BCUT2D eigenvalue weighted by molar-refractivity contribution is -0.131. The van der Waals surface area contributed by atoms with Gasteiger partial charge in [-0.25, -0.2) is 0 Å². The van der Waals surface area contributed by atoms with Crippen LogP contribution in [0.15, 0.2) is 48.8 Å². The van der Waals surface area contributed by atoms with E-state index < -0.39 is 0 Å². The Morgan fingerprint density at radius 3 is 2.54 bits per heavy atom. The average molecular weight is 372 g/mol. The molecule has 2 aromatic rings. The highest BCUT2D eigenvalue weighted by Crippen LogP contribution is 2.17. The first-order valence-electron chi connectivity index (χ1n) is 8.85. The van der Waals surface area contributed by atoms with Gasteiger partial charge in [0.15, 0.2) is 0 Å². The molecule has 3 rings (SSSR count). The summed E-state index contributed by atoms with van der Waals surface area (Å²) in [5, 5.41) is 0.699. The zero-order valence-electron chi connectivity index (χ0n) is 14.6. The van der Waals surface area contributed by atoms with Crippen molar-refractivity contribution in [2.75, 3.05) is 26.2 Å². The van der Waals surface area contributed by atoms with Crippen molar-refractivity contribution in [3.8, 4) is 0 Å². The summed E-state index contributed by atoms with van der Waals surface area (Å²) in [6, 6.07) is 11.1. The van der Waals surface area contributed by atoms with Crippen molar-refractivity contribution in [1.29, 1.82) is 0 Å². The Morgan fingerprint density at radius 2 is 1.77 bits per heavy atom.